The molecular formula is C30H35F2N3O4S. The monoisotopic (exact) mass is 571 g/mol. The molecule has 1 saturated heterocycles. The van der Waals surface area contributed by atoms with E-state index in [0.29, 0.717) is 17.5 Å². The molecule has 1 aromatic carbocycles. The van der Waals surface area contributed by atoms with Gasteiger partial charge in [0.15, 0.2) is 0 Å². The van der Waals surface area contributed by atoms with Crippen LogP contribution in [0.4, 0.5) is 8.78 Å². The van der Waals surface area contributed by atoms with Gasteiger partial charge in [-0.3, -0.25) is 19.3 Å². The zero-order valence-corrected chi connectivity index (χ0v) is 23.9. The van der Waals surface area contributed by atoms with Crippen molar-refractivity contribution in [1.29, 1.82) is 0 Å². The Balaban J connectivity index is 1.60. The van der Waals surface area contributed by atoms with Gasteiger partial charge in [0.25, 0.3) is 11.5 Å². The molecule has 214 valence electrons. The van der Waals surface area contributed by atoms with Gasteiger partial charge in [0.05, 0.1) is 25.6 Å². The van der Waals surface area contributed by atoms with Crippen LogP contribution in [0.15, 0.2) is 52.8 Å². The second-order valence-corrected chi connectivity index (χ2v) is 12.0. The van der Waals surface area contributed by atoms with Crippen molar-refractivity contribution >= 4 is 23.2 Å². The number of rotatable bonds is 11. The van der Waals surface area contributed by atoms with Crippen molar-refractivity contribution in [1.82, 2.24) is 14.8 Å². The molecule has 0 radical (unpaired) electrons. The molecule has 0 spiro atoms. The summed E-state index contributed by atoms with van der Waals surface area (Å²) in [7, 11) is 0. The van der Waals surface area contributed by atoms with Crippen LogP contribution in [0.25, 0.3) is 10.4 Å². The van der Waals surface area contributed by atoms with Crippen molar-refractivity contribution in [3.63, 3.8) is 0 Å². The first-order chi connectivity index (χ1) is 18.8. The van der Waals surface area contributed by atoms with Crippen LogP contribution in [-0.2, 0) is 16.1 Å². The van der Waals surface area contributed by atoms with Crippen LogP contribution in [-0.4, -0.2) is 45.5 Å². The zero-order valence-electron chi connectivity index (χ0n) is 23.1. The lowest BCUT2D eigenvalue weighted by molar-refractivity contribution is -0.138. The molecule has 10 heteroatoms. The van der Waals surface area contributed by atoms with E-state index >= 15 is 0 Å². The Bertz CT molecular complexity index is 1420. The van der Waals surface area contributed by atoms with Crippen LogP contribution in [0, 0.1) is 19.8 Å². The number of carbonyl (C=O) groups excluding carboxylic acids is 1. The number of aliphatic carboxylic acids is 1. The third kappa shape index (κ3) is 7.03. The minimum atomic E-state index is -2.70. The molecule has 1 aliphatic rings. The maximum absolute atomic E-state index is 13.7. The average Bonchev–Trinajstić information content (AvgIpc) is 3.31. The van der Waals surface area contributed by atoms with E-state index in [1.54, 1.807) is 17.2 Å². The maximum atomic E-state index is 13.7. The first-order valence-electron chi connectivity index (χ1n) is 13.3. The fraction of sp³-hybridized carbons (Fsp3) is 0.433. The predicted molar refractivity (Wildman–Crippen MR) is 152 cm³/mol. The Kier molecular flexibility index (Phi) is 8.90. The van der Waals surface area contributed by atoms with Crippen LogP contribution < -0.4 is 10.9 Å². The number of carboxylic acid groups (broad SMARTS) is 1. The Labute approximate surface area is 236 Å². The van der Waals surface area contributed by atoms with Gasteiger partial charge < -0.3 is 15.0 Å². The number of alkyl halides is 2. The standard InChI is InChI=1S/C30H35F2N3O4S/c1-18(2)10-24(35-14-21(8-9-26(35)36)13-34-16-30(31,32)17-34)29(39)33-23(12-27(37)38)22-11-25(40-15-22)28-19(3)6-5-7-20(28)4/h5-9,11,14-15,18,23-24H,10,12-13,16-17H2,1-4H3,(H,33,39)(H,37,38)/t23-,24+/m0/s1. The third-order valence-electron chi connectivity index (χ3n) is 7.09. The fourth-order valence-electron chi connectivity index (χ4n) is 5.22. The Morgan fingerprint density at radius 2 is 1.80 bits per heavy atom. The first-order valence-corrected chi connectivity index (χ1v) is 14.2. The van der Waals surface area contributed by atoms with Crippen LogP contribution in [0.5, 0.6) is 0 Å². The van der Waals surface area contributed by atoms with Gasteiger partial charge in [0.1, 0.15) is 6.04 Å². The Hall–Kier alpha value is -3.37. The molecule has 0 aliphatic carbocycles. The molecule has 2 N–H and O–H groups in total. The second kappa shape index (κ2) is 12.0. The average molecular weight is 572 g/mol. The third-order valence-corrected chi connectivity index (χ3v) is 8.06. The number of hydrogen-bond acceptors (Lipinski definition) is 5. The van der Waals surface area contributed by atoms with Gasteiger partial charge in [-0.05, 0) is 65.4 Å². The van der Waals surface area contributed by atoms with Gasteiger partial charge >= 0.3 is 5.97 Å². The molecule has 0 unspecified atom stereocenters. The molecule has 2 atom stereocenters. The van der Waals surface area contributed by atoms with Crippen LogP contribution in [0.2, 0.25) is 0 Å². The highest BCUT2D eigenvalue weighted by Gasteiger charge is 2.43. The van der Waals surface area contributed by atoms with Crippen molar-refractivity contribution in [3.05, 3.63) is 80.6 Å². The van der Waals surface area contributed by atoms with E-state index in [0.717, 1.165) is 21.6 Å². The highest BCUT2D eigenvalue weighted by molar-refractivity contribution is 7.13. The highest BCUT2D eigenvalue weighted by Crippen LogP contribution is 2.35. The van der Waals surface area contributed by atoms with Crippen molar-refractivity contribution < 1.29 is 23.5 Å². The normalized spacial score (nSPS) is 16.4. The Morgan fingerprint density at radius 3 is 2.40 bits per heavy atom. The molecule has 3 aromatic rings. The lowest BCUT2D eigenvalue weighted by Crippen LogP contribution is -2.55. The number of nitrogens with one attached hydrogen (secondary N) is 1. The summed E-state index contributed by atoms with van der Waals surface area (Å²) in [5.41, 5.74) is 4.23. The minimum Gasteiger partial charge on any atom is -0.481 e. The topological polar surface area (TPSA) is 91.6 Å². The molecule has 0 bridgehead atoms. The number of aryl methyl sites for hydroxylation is 2. The smallest absolute Gasteiger partial charge is 0.305 e. The number of carbonyl (C=O) groups is 2. The van der Waals surface area contributed by atoms with Gasteiger partial charge in [0.2, 0.25) is 5.91 Å². The fourth-order valence-corrected chi connectivity index (χ4v) is 6.36. The van der Waals surface area contributed by atoms with Crippen molar-refractivity contribution in [3.8, 4) is 10.4 Å². The number of hydrogen-bond donors (Lipinski definition) is 2. The molecule has 1 fully saturated rings. The lowest BCUT2D eigenvalue weighted by atomic mass is 9.98. The van der Waals surface area contributed by atoms with Gasteiger partial charge in [-0.2, -0.15) is 0 Å². The Morgan fingerprint density at radius 1 is 1.12 bits per heavy atom. The predicted octanol–water partition coefficient (Wildman–Crippen LogP) is 5.56. The van der Waals surface area contributed by atoms with Crippen molar-refractivity contribution in [2.75, 3.05) is 13.1 Å². The summed E-state index contributed by atoms with van der Waals surface area (Å²) in [4.78, 5) is 40.9. The van der Waals surface area contributed by atoms with E-state index in [1.165, 1.54) is 22.0 Å². The summed E-state index contributed by atoms with van der Waals surface area (Å²) >= 11 is 1.49. The van der Waals surface area contributed by atoms with Gasteiger partial charge in [-0.15, -0.1) is 11.3 Å². The van der Waals surface area contributed by atoms with Crippen molar-refractivity contribution in [2.45, 2.75) is 65.1 Å². The molecule has 1 amide bonds. The molecule has 4 rings (SSSR count). The summed E-state index contributed by atoms with van der Waals surface area (Å²) in [5, 5.41) is 14.4. The number of halogens is 2. The van der Waals surface area contributed by atoms with Crippen LogP contribution in [0.1, 0.15) is 61.0 Å². The number of aromatic nitrogens is 1. The van der Waals surface area contributed by atoms with Gasteiger partial charge in [-0.1, -0.05) is 38.1 Å². The van der Waals surface area contributed by atoms with E-state index in [-0.39, 0.29) is 37.5 Å². The van der Waals surface area contributed by atoms with Crippen LogP contribution >= 0.6 is 11.3 Å². The van der Waals surface area contributed by atoms with Crippen molar-refractivity contribution in [2.24, 2.45) is 5.92 Å². The number of carboxylic acids is 1. The van der Waals surface area contributed by atoms with Crippen LogP contribution in [0.3, 0.4) is 0 Å². The SMILES string of the molecule is Cc1cccc(C)c1-c1cc([C@H](CC(=O)O)NC(=O)[C@@H](CC(C)C)n2cc(CN3CC(F)(F)C3)ccc2=O)cs1. The number of pyridine rings is 1. The quantitative estimate of drug-likeness (QED) is 0.314. The zero-order chi connectivity index (χ0) is 29.2. The number of benzene rings is 1. The highest BCUT2D eigenvalue weighted by atomic mass is 32.1. The van der Waals surface area contributed by atoms with Gasteiger partial charge in [-0.25, -0.2) is 8.78 Å². The molecule has 0 saturated carbocycles. The number of amides is 1. The summed E-state index contributed by atoms with van der Waals surface area (Å²) in [6, 6.07) is 9.20. The number of thiophene rings is 1. The molecule has 1 aliphatic heterocycles. The summed E-state index contributed by atoms with van der Waals surface area (Å²) in [6.07, 6.45) is 1.58. The van der Waals surface area contributed by atoms with Gasteiger partial charge in [0, 0.05) is 23.7 Å². The molecular weight excluding hydrogens is 536 g/mol. The van der Waals surface area contributed by atoms with E-state index in [4.69, 9.17) is 0 Å². The lowest BCUT2D eigenvalue weighted by Gasteiger charge is -2.38. The maximum Gasteiger partial charge on any atom is 0.305 e. The van der Waals surface area contributed by atoms with E-state index < -0.39 is 29.9 Å². The number of likely N-dealkylation sites (tertiary alicyclic amines) is 1. The first kappa shape index (κ1) is 29.6. The summed E-state index contributed by atoms with van der Waals surface area (Å²) < 4.78 is 28.0. The van der Waals surface area contributed by atoms with E-state index in [9.17, 15) is 28.3 Å². The molecule has 3 heterocycles. The second-order valence-electron chi connectivity index (χ2n) is 11.1. The molecule has 2 aromatic heterocycles. The van der Waals surface area contributed by atoms with E-state index in [1.807, 2.05) is 57.3 Å². The summed E-state index contributed by atoms with van der Waals surface area (Å²) in [5.74, 6) is -4.17. The molecule has 40 heavy (non-hydrogen) atoms. The largest absolute Gasteiger partial charge is 0.481 e. The minimum absolute atomic E-state index is 0.0510. The number of nitrogens with zero attached hydrogens (tertiary/aromatic N) is 2. The molecule has 7 nitrogen and oxygen atoms in total. The van der Waals surface area contributed by atoms with E-state index in [2.05, 4.69) is 5.32 Å². The summed E-state index contributed by atoms with van der Waals surface area (Å²) in [6.45, 7) is 7.46.